The van der Waals surface area contributed by atoms with Gasteiger partial charge in [-0.05, 0) is 37.5 Å². The van der Waals surface area contributed by atoms with E-state index < -0.39 is 6.04 Å². The molecule has 4 heteroatoms. The van der Waals surface area contributed by atoms with Gasteiger partial charge in [0.15, 0.2) is 5.78 Å². The Bertz CT molecular complexity index is 708. The van der Waals surface area contributed by atoms with Gasteiger partial charge in [0, 0.05) is 17.3 Å². The van der Waals surface area contributed by atoms with E-state index in [2.05, 4.69) is 10.6 Å². The number of ketones is 1. The average molecular weight is 308 g/mol. The van der Waals surface area contributed by atoms with E-state index in [9.17, 15) is 9.59 Å². The molecule has 2 aromatic carbocycles. The SMILES string of the molecule is CC(=O)c1cccc(NC(C(=O)NC2CC2)c2ccccc2)c1. The molecule has 0 bridgehead atoms. The number of hydrogen-bond acceptors (Lipinski definition) is 3. The Balaban J connectivity index is 1.84. The number of Topliss-reactive ketones (excluding diaryl/α,β-unsaturated/α-hetero) is 1. The van der Waals surface area contributed by atoms with Crippen LogP contribution in [0.15, 0.2) is 54.6 Å². The first kappa shape index (κ1) is 15.3. The number of carbonyl (C=O) groups is 2. The van der Waals surface area contributed by atoms with Crippen LogP contribution < -0.4 is 10.6 Å². The Labute approximate surface area is 135 Å². The van der Waals surface area contributed by atoms with Crippen molar-refractivity contribution >= 4 is 17.4 Å². The Kier molecular flexibility index (Phi) is 4.42. The minimum Gasteiger partial charge on any atom is -0.370 e. The summed E-state index contributed by atoms with van der Waals surface area (Å²) in [4.78, 5) is 24.1. The van der Waals surface area contributed by atoms with Crippen LogP contribution in [0.5, 0.6) is 0 Å². The smallest absolute Gasteiger partial charge is 0.247 e. The van der Waals surface area contributed by atoms with Crippen LogP contribution in [0.25, 0.3) is 0 Å². The van der Waals surface area contributed by atoms with E-state index in [-0.39, 0.29) is 11.7 Å². The van der Waals surface area contributed by atoms with Crippen molar-refractivity contribution in [1.29, 1.82) is 0 Å². The van der Waals surface area contributed by atoms with Crippen molar-refractivity contribution in [3.05, 3.63) is 65.7 Å². The van der Waals surface area contributed by atoms with Crippen molar-refractivity contribution in [2.45, 2.75) is 31.8 Å². The Morgan fingerprint density at radius 1 is 1.04 bits per heavy atom. The highest BCUT2D eigenvalue weighted by molar-refractivity contribution is 5.95. The number of anilines is 1. The highest BCUT2D eigenvalue weighted by Gasteiger charge is 2.28. The van der Waals surface area contributed by atoms with Gasteiger partial charge < -0.3 is 10.6 Å². The van der Waals surface area contributed by atoms with Crippen LogP contribution in [0.3, 0.4) is 0 Å². The van der Waals surface area contributed by atoms with Crippen molar-refractivity contribution in [1.82, 2.24) is 5.32 Å². The lowest BCUT2D eigenvalue weighted by molar-refractivity contribution is -0.122. The van der Waals surface area contributed by atoms with Crippen LogP contribution in [0.4, 0.5) is 5.69 Å². The fraction of sp³-hybridized carbons (Fsp3) is 0.263. The second-order valence-electron chi connectivity index (χ2n) is 5.91. The van der Waals surface area contributed by atoms with E-state index in [1.165, 1.54) is 6.92 Å². The van der Waals surface area contributed by atoms with Crippen LogP contribution in [0.1, 0.15) is 41.7 Å². The van der Waals surface area contributed by atoms with E-state index in [0.29, 0.717) is 11.6 Å². The maximum absolute atomic E-state index is 12.6. The lowest BCUT2D eigenvalue weighted by Gasteiger charge is -2.20. The van der Waals surface area contributed by atoms with Gasteiger partial charge in [-0.2, -0.15) is 0 Å². The van der Waals surface area contributed by atoms with Gasteiger partial charge in [0.2, 0.25) is 5.91 Å². The summed E-state index contributed by atoms with van der Waals surface area (Å²) in [7, 11) is 0. The number of nitrogens with one attached hydrogen (secondary N) is 2. The van der Waals surface area contributed by atoms with Crippen LogP contribution in [0.2, 0.25) is 0 Å². The lowest BCUT2D eigenvalue weighted by Crippen LogP contribution is -2.34. The third kappa shape index (κ3) is 3.97. The van der Waals surface area contributed by atoms with Gasteiger partial charge in [-0.1, -0.05) is 42.5 Å². The standard InChI is InChI=1S/C19H20N2O2/c1-13(22)15-8-5-9-17(12-15)20-18(14-6-3-2-4-7-14)19(23)21-16-10-11-16/h2-9,12,16,18,20H,10-11H2,1H3,(H,21,23). The number of amides is 1. The molecule has 3 rings (SSSR count). The highest BCUT2D eigenvalue weighted by atomic mass is 16.2. The van der Waals surface area contributed by atoms with Crippen LogP contribution >= 0.6 is 0 Å². The van der Waals surface area contributed by atoms with Crippen LogP contribution in [-0.4, -0.2) is 17.7 Å². The molecule has 1 amide bonds. The first-order chi connectivity index (χ1) is 11.1. The molecule has 0 heterocycles. The fourth-order valence-electron chi connectivity index (χ4n) is 2.45. The summed E-state index contributed by atoms with van der Waals surface area (Å²) < 4.78 is 0. The van der Waals surface area contributed by atoms with Crippen LogP contribution in [-0.2, 0) is 4.79 Å². The molecule has 1 aliphatic rings. The van der Waals surface area contributed by atoms with E-state index >= 15 is 0 Å². The minimum absolute atomic E-state index is 0.00680. The first-order valence-electron chi connectivity index (χ1n) is 7.86. The van der Waals surface area contributed by atoms with E-state index in [0.717, 1.165) is 24.1 Å². The van der Waals surface area contributed by atoms with E-state index in [1.807, 2.05) is 42.5 Å². The molecule has 1 aliphatic carbocycles. The normalized spacial score (nSPS) is 14.8. The fourth-order valence-corrected chi connectivity index (χ4v) is 2.45. The average Bonchev–Trinajstić information content (AvgIpc) is 3.37. The summed E-state index contributed by atoms with van der Waals surface area (Å²) in [6.07, 6.45) is 2.10. The van der Waals surface area contributed by atoms with Crippen molar-refractivity contribution in [2.24, 2.45) is 0 Å². The number of rotatable bonds is 6. The number of benzene rings is 2. The zero-order valence-electron chi connectivity index (χ0n) is 13.1. The Hall–Kier alpha value is -2.62. The number of carbonyl (C=O) groups excluding carboxylic acids is 2. The van der Waals surface area contributed by atoms with E-state index in [4.69, 9.17) is 0 Å². The molecular weight excluding hydrogens is 288 g/mol. The molecule has 2 aromatic rings. The summed E-state index contributed by atoms with van der Waals surface area (Å²) in [6.45, 7) is 1.54. The molecule has 1 saturated carbocycles. The molecular formula is C19H20N2O2. The zero-order chi connectivity index (χ0) is 16.2. The van der Waals surface area contributed by atoms with Gasteiger partial charge in [-0.25, -0.2) is 0 Å². The highest BCUT2D eigenvalue weighted by Crippen LogP contribution is 2.24. The molecule has 1 atom stereocenters. The zero-order valence-corrected chi connectivity index (χ0v) is 13.1. The van der Waals surface area contributed by atoms with Crippen molar-refractivity contribution in [2.75, 3.05) is 5.32 Å². The second kappa shape index (κ2) is 6.65. The molecule has 0 saturated heterocycles. The monoisotopic (exact) mass is 308 g/mol. The van der Waals surface area contributed by atoms with Gasteiger partial charge in [-0.15, -0.1) is 0 Å². The first-order valence-corrected chi connectivity index (χ1v) is 7.86. The Morgan fingerprint density at radius 2 is 1.78 bits per heavy atom. The molecule has 23 heavy (non-hydrogen) atoms. The summed E-state index contributed by atoms with van der Waals surface area (Å²) in [5.41, 5.74) is 2.29. The summed E-state index contributed by atoms with van der Waals surface area (Å²) >= 11 is 0. The summed E-state index contributed by atoms with van der Waals surface area (Å²) in [5, 5.41) is 6.30. The molecule has 0 spiro atoms. The Morgan fingerprint density at radius 3 is 2.43 bits per heavy atom. The molecule has 1 unspecified atom stereocenters. The van der Waals surface area contributed by atoms with Gasteiger partial charge in [-0.3, -0.25) is 9.59 Å². The van der Waals surface area contributed by atoms with Gasteiger partial charge in [0.05, 0.1) is 0 Å². The van der Waals surface area contributed by atoms with Crippen molar-refractivity contribution in [3.8, 4) is 0 Å². The largest absolute Gasteiger partial charge is 0.370 e. The lowest BCUT2D eigenvalue weighted by atomic mass is 10.0. The molecule has 2 N–H and O–H groups in total. The predicted octanol–water partition coefficient (Wildman–Crippen LogP) is 3.32. The van der Waals surface area contributed by atoms with Gasteiger partial charge >= 0.3 is 0 Å². The van der Waals surface area contributed by atoms with Crippen LogP contribution in [0, 0.1) is 0 Å². The maximum Gasteiger partial charge on any atom is 0.247 e. The maximum atomic E-state index is 12.6. The summed E-state index contributed by atoms with van der Waals surface area (Å²) in [6, 6.07) is 16.7. The van der Waals surface area contributed by atoms with E-state index in [1.54, 1.807) is 12.1 Å². The topological polar surface area (TPSA) is 58.2 Å². The quantitative estimate of drug-likeness (QED) is 0.805. The molecule has 1 fully saturated rings. The molecule has 0 aliphatic heterocycles. The molecule has 4 nitrogen and oxygen atoms in total. The molecule has 0 aromatic heterocycles. The molecule has 118 valence electrons. The van der Waals surface area contributed by atoms with Crippen molar-refractivity contribution < 1.29 is 9.59 Å². The van der Waals surface area contributed by atoms with Gasteiger partial charge in [0.1, 0.15) is 6.04 Å². The summed E-state index contributed by atoms with van der Waals surface area (Å²) in [5.74, 6) is -0.0285. The predicted molar refractivity (Wildman–Crippen MR) is 90.4 cm³/mol. The minimum atomic E-state index is -0.473. The third-order valence-electron chi connectivity index (χ3n) is 3.90. The van der Waals surface area contributed by atoms with Gasteiger partial charge in [0.25, 0.3) is 0 Å². The number of hydrogen-bond donors (Lipinski definition) is 2. The van der Waals surface area contributed by atoms with Crippen molar-refractivity contribution in [3.63, 3.8) is 0 Å². The second-order valence-corrected chi connectivity index (χ2v) is 5.91. The third-order valence-corrected chi connectivity index (χ3v) is 3.90. The molecule has 0 radical (unpaired) electrons.